The first-order chi connectivity index (χ1) is 7.31. The molecule has 0 aliphatic heterocycles. The first-order valence-corrected chi connectivity index (χ1v) is 4.13. The van der Waals surface area contributed by atoms with E-state index in [1.54, 1.807) is 0 Å². The summed E-state index contributed by atoms with van der Waals surface area (Å²) in [5.74, 6) is -3.10. The molecule has 0 aliphatic rings. The van der Waals surface area contributed by atoms with Crippen molar-refractivity contribution in [2.45, 2.75) is 6.18 Å². The molecule has 7 heteroatoms. The Bertz CT molecular complexity index is 383. The van der Waals surface area contributed by atoms with Crippen molar-refractivity contribution in [1.82, 2.24) is 5.32 Å². The van der Waals surface area contributed by atoms with Crippen LogP contribution in [0.3, 0.4) is 0 Å². The minimum Gasteiger partial charge on any atom is -0.507 e. The molecule has 0 saturated carbocycles. The van der Waals surface area contributed by atoms with Crippen LogP contribution >= 0.6 is 0 Å². The summed E-state index contributed by atoms with van der Waals surface area (Å²) in [7, 11) is 0. The highest BCUT2D eigenvalue weighted by Crippen LogP contribution is 2.20. The van der Waals surface area contributed by atoms with Crippen LogP contribution in [0.15, 0.2) is 18.2 Å². The molecule has 1 aromatic rings. The Morgan fingerprint density at radius 3 is 2.50 bits per heavy atom. The van der Waals surface area contributed by atoms with Crippen LogP contribution in [0.4, 0.5) is 17.6 Å². The molecule has 1 rings (SSSR count). The quantitative estimate of drug-likeness (QED) is 0.771. The van der Waals surface area contributed by atoms with E-state index >= 15 is 0 Å². The number of rotatable bonds is 2. The van der Waals surface area contributed by atoms with Crippen molar-refractivity contribution in [3.63, 3.8) is 0 Å². The molecule has 0 saturated heterocycles. The van der Waals surface area contributed by atoms with Crippen LogP contribution in [0, 0.1) is 5.82 Å². The molecular weight excluding hydrogens is 230 g/mol. The second kappa shape index (κ2) is 4.38. The monoisotopic (exact) mass is 237 g/mol. The molecule has 1 aromatic carbocycles. The Morgan fingerprint density at radius 1 is 1.38 bits per heavy atom. The molecule has 3 nitrogen and oxygen atoms in total. The average Bonchev–Trinajstić information content (AvgIpc) is 2.13. The topological polar surface area (TPSA) is 49.3 Å². The SMILES string of the molecule is O=C(NCC(F)(F)F)c1c(O)cccc1F. The van der Waals surface area contributed by atoms with E-state index in [1.807, 2.05) is 0 Å². The molecule has 0 bridgehead atoms. The fraction of sp³-hybridized carbons (Fsp3) is 0.222. The van der Waals surface area contributed by atoms with Crippen molar-refractivity contribution < 1.29 is 27.5 Å². The lowest BCUT2D eigenvalue weighted by Gasteiger charge is -2.09. The average molecular weight is 237 g/mol. The maximum Gasteiger partial charge on any atom is 0.405 e. The van der Waals surface area contributed by atoms with Crippen molar-refractivity contribution in [1.29, 1.82) is 0 Å². The number of aromatic hydroxyl groups is 1. The van der Waals surface area contributed by atoms with Crippen LogP contribution in [0.1, 0.15) is 10.4 Å². The molecule has 0 unspecified atom stereocenters. The van der Waals surface area contributed by atoms with Crippen molar-refractivity contribution in [3.05, 3.63) is 29.6 Å². The lowest BCUT2D eigenvalue weighted by Crippen LogP contribution is -2.34. The lowest BCUT2D eigenvalue weighted by atomic mass is 10.1. The minimum absolute atomic E-state index is 0.709. The maximum absolute atomic E-state index is 13.0. The molecule has 88 valence electrons. The first-order valence-electron chi connectivity index (χ1n) is 4.13. The number of benzene rings is 1. The van der Waals surface area contributed by atoms with Gasteiger partial charge in [0.25, 0.3) is 5.91 Å². The number of carbonyl (C=O) groups is 1. The Kier molecular flexibility index (Phi) is 3.36. The molecule has 1 amide bonds. The summed E-state index contributed by atoms with van der Waals surface area (Å²) in [5, 5.41) is 10.6. The van der Waals surface area contributed by atoms with Gasteiger partial charge < -0.3 is 10.4 Å². The van der Waals surface area contributed by atoms with E-state index < -0.39 is 35.8 Å². The Hall–Kier alpha value is -1.79. The van der Waals surface area contributed by atoms with Gasteiger partial charge in [-0.1, -0.05) is 6.07 Å². The fourth-order valence-electron chi connectivity index (χ4n) is 1.01. The summed E-state index contributed by atoms with van der Waals surface area (Å²) in [6.07, 6.45) is -4.59. The van der Waals surface area contributed by atoms with Gasteiger partial charge in [0.2, 0.25) is 0 Å². The predicted octanol–water partition coefficient (Wildman–Crippen LogP) is 1.82. The standard InChI is InChI=1S/C9H7F4NO2/c10-5-2-1-3-6(15)7(5)8(16)14-4-9(11,12)13/h1-3,15H,4H2,(H,14,16). The third-order valence-corrected chi connectivity index (χ3v) is 1.67. The number of hydrogen-bond acceptors (Lipinski definition) is 2. The zero-order valence-electron chi connectivity index (χ0n) is 7.81. The van der Waals surface area contributed by atoms with Gasteiger partial charge in [-0.05, 0) is 12.1 Å². The summed E-state index contributed by atoms with van der Waals surface area (Å²) in [5.41, 5.74) is -0.799. The van der Waals surface area contributed by atoms with Crippen LogP contribution in [0.5, 0.6) is 5.75 Å². The third-order valence-electron chi connectivity index (χ3n) is 1.67. The van der Waals surface area contributed by atoms with Crippen LogP contribution in [-0.4, -0.2) is 23.7 Å². The van der Waals surface area contributed by atoms with Gasteiger partial charge in [-0.25, -0.2) is 4.39 Å². The number of amides is 1. The van der Waals surface area contributed by atoms with E-state index in [1.165, 1.54) is 5.32 Å². The van der Waals surface area contributed by atoms with Crippen molar-refractivity contribution >= 4 is 5.91 Å². The molecule has 0 spiro atoms. The predicted molar refractivity (Wildman–Crippen MR) is 46.5 cm³/mol. The second-order valence-electron chi connectivity index (χ2n) is 2.93. The summed E-state index contributed by atoms with van der Waals surface area (Å²) < 4.78 is 48.3. The van der Waals surface area contributed by atoms with Gasteiger partial charge in [-0.3, -0.25) is 4.79 Å². The molecule has 0 heterocycles. The molecule has 16 heavy (non-hydrogen) atoms. The van der Waals surface area contributed by atoms with E-state index in [0.29, 0.717) is 0 Å². The van der Waals surface area contributed by atoms with E-state index in [-0.39, 0.29) is 0 Å². The number of phenols is 1. The van der Waals surface area contributed by atoms with Gasteiger partial charge in [0.1, 0.15) is 23.7 Å². The van der Waals surface area contributed by atoms with E-state index in [0.717, 1.165) is 18.2 Å². The van der Waals surface area contributed by atoms with Crippen LogP contribution < -0.4 is 5.32 Å². The summed E-state index contributed by atoms with van der Waals surface area (Å²) >= 11 is 0. The van der Waals surface area contributed by atoms with Gasteiger partial charge in [-0.15, -0.1) is 0 Å². The fourth-order valence-corrected chi connectivity index (χ4v) is 1.01. The number of hydrogen-bond donors (Lipinski definition) is 2. The Morgan fingerprint density at radius 2 is 2.00 bits per heavy atom. The zero-order chi connectivity index (χ0) is 12.3. The first kappa shape index (κ1) is 12.3. The molecule has 2 N–H and O–H groups in total. The Balaban J connectivity index is 2.81. The summed E-state index contributed by atoms with van der Waals surface area (Å²) in [6, 6.07) is 3.00. The molecule has 0 atom stereocenters. The highest BCUT2D eigenvalue weighted by molar-refractivity contribution is 5.97. The van der Waals surface area contributed by atoms with Crippen LogP contribution in [0.25, 0.3) is 0 Å². The highest BCUT2D eigenvalue weighted by Gasteiger charge is 2.29. The van der Waals surface area contributed by atoms with Gasteiger partial charge >= 0.3 is 6.18 Å². The number of alkyl halides is 3. The van der Waals surface area contributed by atoms with Crippen molar-refractivity contribution in [2.24, 2.45) is 0 Å². The number of phenolic OH excluding ortho intramolecular Hbond substituents is 1. The van der Waals surface area contributed by atoms with Gasteiger partial charge in [0.05, 0.1) is 0 Å². The largest absolute Gasteiger partial charge is 0.507 e. The van der Waals surface area contributed by atoms with E-state index in [4.69, 9.17) is 5.11 Å². The summed E-state index contributed by atoms with van der Waals surface area (Å²) in [4.78, 5) is 11.1. The number of carbonyl (C=O) groups excluding carboxylic acids is 1. The van der Waals surface area contributed by atoms with Crippen LogP contribution in [-0.2, 0) is 0 Å². The molecule has 0 aromatic heterocycles. The van der Waals surface area contributed by atoms with Crippen molar-refractivity contribution in [3.8, 4) is 5.75 Å². The summed E-state index contributed by atoms with van der Waals surface area (Å²) in [6.45, 7) is -1.58. The molecular formula is C9H7F4NO2. The Labute approximate surface area is 87.7 Å². The van der Waals surface area contributed by atoms with Gasteiger partial charge in [-0.2, -0.15) is 13.2 Å². The van der Waals surface area contributed by atoms with Crippen LogP contribution in [0.2, 0.25) is 0 Å². The molecule has 0 radical (unpaired) electrons. The lowest BCUT2D eigenvalue weighted by molar-refractivity contribution is -0.123. The van der Waals surface area contributed by atoms with Gasteiger partial charge in [0, 0.05) is 0 Å². The van der Waals surface area contributed by atoms with E-state index in [9.17, 15) is 22.4 Å². The zero-order valence-corrected chi connectivity index (χ0v) is 7.81. The van der Waals surface area contributed by atoms with E-state index in [2.05, 4.69) is 0 Å². The number of nitrogens with one attached hydrogen (secondary N) is 1. The minimum atomic E-state index is -4.59. The second-order valence-corrected chi connectivity index (χ2v) is 2.93. The maximum atomic E-state index is 13.0. The van der Waals surface area contributed by atoms with Crippen molar-refractivity contribution in [2.75, 3.05) is 6.54 Å². The normalized spacial score (nSPS) is 11.2. The smallest absolute Gasteiger partial charge is 0.405 e. The molecule has 0 aliphatic carbocycles. The third kappa shape index (κ3) is 3.11. The van der Waals surface area contributed by atoms with Gasteiger partial charge in [0.15, 0.2) is 0 Å². The highest BCUT2D eigenvalue weighted by atomic mass is 19.4. The molecule has 0 fully saturated rings. The number of halogens is 4.